The second-order valence-electron chi connectivity index (χ2n) is 8.74. The van der Waals surface area contributed by atoms with E-state index in [9.17, 15) is 4.79 Å². The van der Waals surface area contributed by atoms with Gasteiger partial charge in [0.1, 0.15) is 5.69 Å². The summed E-state index contributed by atoms with van der Waals surface area (Å²) in [5, 5.41) is 6.02. The third-order valence-electron chi connectivity index (χ3n) is 6.43. The molecule has 0 bridgehead atoms. The zero-order valence-electron chi connectivity index (χ0n) is 19.5. The van der Waals surface area contributed by atoms with Gasteiger partial charge in [-0.15, -0.1) is 0 Å². The molecule has 7 heteroatoms. The fourth-order valence-corrected chi connectivity index (χ4v) is 4.86. The number of benzene rings is 3. The predicted molar refractivity (Wildman–Crippen MR) is 141 cm³/mol. The van der Waals surface area contributed by atoms with E-state index < -0.39 is 0 Å². The average molecular weight is 505 g/mol. The molecule has 0 atom stereocenters. The first-order valence-corrected chi connectivity index (χ1v) is 12.4. The van der Waals surface area contributed by atoms with E-state index in [1.165, 1.54) is 0 Å². The topological polar surface area (TPSA) is 41.4 Å². The number of nitrogens with zero attached hydrogens (tertiary/aromatic N) is 4. The van der Waals surface area contributed by atoms with Crippen molar-refractivity contribution < 1.29 is 4.79 Å². The molecule has 35 heavy (non-hydrogen) atoms. The van der Waals surface area contributed by atoms with E-state index in [4.69, 9.17) is 28.3 Å². The van der Waals surface area contributed by atoms with E-state index in [0.717, 1.165) is 47.8 Å². The quantitative estimate of drug-likeness (QED) is 0.329. The number of para-hydroxylation sites is 1. The Morgan fingerprint density at radius 2 is 1.51 bits per heavy atom. The number of aromatic nitrogens is 2. The normalized spacial score (nSPS) is 14.3. The summed E-state index contributed by atoms with van der Waals surface area (Å²) in [7, 11) is 0. The van der Waals surface area contributed by atoms with Crippen LogP contribution in [-0.2, 0) is 6.54 Å². The molecule has 1 amide bonds. The lowest BCUT2D eigenvalue weighted by Gasteiger charge is -2.35. The van der Waals surface area contributed by atoms with Crippen LogP contribution in [0.15, 0.2) is 78.9 Å². The van der Waals surface area contributed by atoms with Crippen molar-refractivity contribution in [3.05, 3.63) is 106 Å². The van der Waals surface area contributed by atoms with Crippen molar-refractivity contribution in [2.75, 3.05) is 26.2 Å². The Kier molecular flexibility index (Phi) is 6.91. The maximum Gasteiger partial charge on any atom is 0.258 e. The van der Waals surface area contributed by atoms with Crippen LogP contribution in [0.5, 0.6) is 0 Å². The molecule has 0 spiro atoms. The maximum absolute atomic E-state index is 13.8. The Bertz CT molecular complexity index is 1330. The minimum atomic E-state index is 0.0257. The molecule has 178 valence electrons. The molecule has 1 aliphatic heterocycles. The summed E-state index contributed by atoms with van der Waals surface area (Å²) in [6.45, 7) is 5.64. The summed E-state index contributed by atoms with van der Waals surface area (Å²) in [6, 6.07) is 25.6. The summed E-state index contributed by atoms with van der Waals surface area (Å²) in [5.74, 6) is 0.0257. The third-order valence-corrected chi connectivity index (χ3v) is 7.17. The third kappa shape index (κ3) is 4.98. The Hall–Kier alpha value is -3.12. The monoisotopic (exact) mass is 504 g/mol. The number of hydrogen-bond acceptors (Lipinski definition) is 3. The molecule has 0 aliphatic carbocycles. The van der Waals surface area contributed by atoms with E-state index in [0.29, 0.717) is 28.7 Å². The SMILES string of the molecule is Cc1c(C(=O)N2CCN(Cc3ccc(Cl)c(Cl)c3)CC2)c(-c2ccccc2)nn1-c1ccccc1. The fourth-order valence-electron chi connectivity index (χ4n) is 4.54. The zero-order valence-corrected chi connectivity index (χ0v) is 21.0. The largest absolute Gasteiger partial charge is 0.336 e. The van der Waals surface area contributed by atoms with Gasteiger partial charge in [0, 0.05) is 38.3 Å². The molecule has 5 rings (SSSR count). The van der Waals surface area contributed by atoms with Crippen molar-refractivity contribution in [2.24, 2.45) is 0 Å². The number of hydrogen-bond donors (Lipinski definition) is 0. The predicted octanol–water partition coefficient (Wildman–Crippen LogP) is 6.11. The van der Waals surface area contributed by atoms with E-state index in [1.54, 1.807) is 0 Å². The Balaban J connectivity index is 1.38. The molecule has 1 aliphatic rings. The van der Waals surface area contributed by atoms with Crippen LogP contribution >= 0.6 is 23.2 Å². The van der Waals surface area contributed by atoms with E-state index in [1.807, 2.05) is 95.4 Å². The lowest BCUT2D eigenvalue weighted by atomic mass is 10.0. The van der Waals surface area contributed by atoms with Gasteiger partial charge in [-0.3, -0.25) is 9.69 Å². The number of carbonyl (C=O) groups is 1. The van der Waals surface area contributed by atoms with Crippen molar-refractivity contribution >= 4 is 29.1 Å². The van der Waals surface area contributed by atoms with Gasteiger partial charge in [-0.05, 0) is 36.8 Å². The Morgan fingerprint density at radius 1 is 0.857 bits per heavy atom. The molecule has 1 aromatic heterocycles. The van der Waals surface area contributed by atoms with Gasteiger partial charge < -0.3 is 4.90 Å². The van der Waals surface area contributed by atoms with Crippen LogP contribution in [-0.4, -0.2) is 51.7 Å². The number of halogens is 2. The number of amides is 1. The zero-order chi connectivity index (χ0) is 24.4. The lowest BCUT2D eigenvalue weighted by molar-refractivity contribution is 0.0628. The summed E-state index contributed by atoms with van der Waals surface area (Å²) < 4.78 is 1.87. The first-order valence-electron chi connectivity index (χ1n) is 11.7. The van der Waals surface area contributed by atoms with Crippen LogP contribution in [0.3, 0.4) is 0 Å². The van der Waals surface area contributed by atoms with E-state index >= 15 is 0 Å². The second kappa shape index (κ2) is 10.2. The van der Waals surface area contributed by atoms with Crippen LogP contribution < -0.4 is 0 Å². The van der Waals surface area contributed by atoms with Crippen LogP contribution in [0.4, 0.5) is 0 Å². The van der Waals surface area contributed by atoms with Crippen LogP contribution in [0, 0.1) is 6.92 Å². The van der Waals surface area contributed by atoms with Crippen LogP contribution in [0.25, 0.3) is 16.9 Å². The first-order chi connectivity index (χ1) is 17.0. The van der Waals surface area contributed by atoms with Crippen molar-refractivity contribution in [1.82, 2.24) is 19.6 Å². The highest BCUT2D eigenvalue weighted by Gasteiger charge is 2.29. The fraction of sp³-hybridized carbons (Fsp3) is 0.214. The minimum absolute atomic E-state index is 0.0257. The van der Waals surface area contributed by atoms with Gasteiger partial charge in [0.2, 0.25) is 0 Å². The Morgan fingerprint density at radius 3 is 2.17 bits per heavy atom. The summed E-state index contributed by atoms with van der Waals surface area (Å²) >= 11 is 12.2. The number of rotatable bonds is 5. The standard InChI is InChI=1S/C28H26Cl2N4O/c1-20-26(27(22-8-4-2-5-9-22)31-34(20)23-10-6-3-7-11-23)28(35)33-16-14-32(15-17-33)19-21-12-13-24(29)25(30)18-21/h2-13,18H,14-17,19H2,1H3. The van der Waals surface area contributed by atoms with Crippen molar-refractivity contribution in [3.8, 4) is 16.9 Å². The maximum atomic E-state index is 13.8. The molecule has 0 radical (unpaired) electrons. The first kappa shape index (κ1) is 23.6. The molecular weight excluding hydrogens is 479 g/mol. The van der Waals surface area contributed by atoms with Gasteiger partial charge in [-0.2, -0.15) is 5.10 Å². The van der Waals surface area contributed by atoms with Gasteiger partial charge in [-0.1, -0.05) is 77.8 Å². The highest BCUT2D eigenvalue weighted by molar-refractivity contribution is 6.42. The van der Waals surface area contributed by atoms with Gasteiger partial charge in [0.25, 0.3) is 5.91 Å². The van der Waals surface area contributed by atoms with E-state index in [-0.39, 0.29) is 5.91 Å². The molecule has 0 unspecified atom stereocenters. The summed E-state index contributed by atoms with van der Waals surface area (Å²) in [6.07, 6.45) is 0. The molecule has 4 aromatic rings. The number of piperazine rings is 1. The van der Waals surface area contributed by atoms with Gasteiger partial charge in [0.15, 0.2) is 0 Å². The van der Waals surface area contributed by atoms with Gasteiger partial charge in [-0.25, -0.2) is 4.68 Å². The molecule has 1 saturated heterocycles. The van der Waals surface area contributed by atoms with Crippen molar-refractivity contribution in [2.45, 2.75) is 13.5 Å². The summed E-state index contributed by atoms with van der Waals surface area (Å²) in [5.41, 5.74) is 5.22. The molecular formula is C28H26Cl2N4O. The smallest absolute Gasteiger partial charge is 0.258 e. The second-order valence-corrected chi connectivity index (χ2v) is 9.55. The summed E-state index contributed by atoms with van der Waals surface area (Å²) in [4.78, 5) is 18.1. The molecule has 0 saturated carbocycles. The molecule has 5 nitrogen and oxygen atoms in total. The molecule has 3 aromatic carbocycles. The molecule has 0 N–H and O–H groups in total. The molecule has 1 fully saturated rings. The van der Waals surface area contributed by atoms with Gasteiger partial charge in [0.05, 0.1) is 27.0 Å². The number of carbonyl (C=O) groups excluding carboxylic acids is 1. The van der Waals surface area contributed by atoms with Crippen molar-refractivity contribution in [1.29, 1.82) is 0 Å². The highest BCUT2D eigenvalue weighted by atomic mass is 35.5. The molecule has 2 heterocycles. The minimum Gasteiger partial charge on any atom is -0.336 e. The van der Waals surface area contributed by atoms with E-state index in [2.05, 4.69) is 4.90 Å². The van der Waals surface area contributed by atoms with Gasteiger partial charge >= 0.3 is 0 Å². The van der Waals surface area contributed by atoms with Crippen molar-refractivity contribution in [3.63, 3.8) is 0 Å². The van der Waals surface area contributed by atoms with Crippen LogP contribution in [0.1, 0.15) is 21.6 Å². The van der Waals surface area contributed by atoms with Crippen LogP contribution in [0.2, 0.25) is 10.0 Å². The average Bonchev–Trinajstić information content (AvgIpc) is 3.24. The Labute approximate surface area is 215 Å². The lowest BCUT2D eigenvalue weighted by Crippen LogP contribution is -2.48. The highest BCUT2D eigenvalue weighted by Crippen LogP contribution is 2.29.